The first-order chi connectivity index (χ1) is 12.3. The Morgan fingerprint density at radius 2 is 1.40 bits per heavy atom. The summed E-state index contributed by atoms with van der Waals surface area (Å²) in [5, 5.41) is 2.25. The predicted octanol–water partition coefficient (Wildman–Crippen LogP) is 5.79. The maximum absolute atomic E-state index is 6.27. The Hall–Kier alpha value is -3.26. The number of anilines is 1. The quantitative estimate of drug-likeness (QED) is 0.418. The molecule has 0 aromatic heterocycles. The molecule has 0 aliphatic heterocycles. The van der Waals surface area contributed by atoms with Gasteiger partial charge >= 0.3 is 0 Å². The van der Waals surface area contributed by atoms with Gasteiger partial charge in [0.15, 0.2) is 5.75 Å². The van der Waals surface area contributed by atoms with Crippen LogP contribution in [0.15, 0.2) is 78.9 Å². The topological polar surface area (TPSA) is 35.2 Å². The molecule has 2 nitrogen and oxygen atoms in total. The van der Waals surface area contributed by atoms with Gasteiger partial charge in [0.05, 0.1) is 5.69 Å². The Balaban J connectivity index is 1.59. The van der Waals surface area contributed by atoms with Crippen LogP contribution >= 0.6 is 0 Å². The largest absolute Gasteiger partial charge is 0.455 e. The minimum Gasteiger partial charge on any atom is -0.455 e. The smallest absolute Gasteiger partial charge is 0.150 e. The van der Waals surface area contributed by atoms with Gasteiger partial charge in [-0.2, -0.15) is 0 Å². The minimum absolute atomic E-state index is 0.659. The molecule has 5 rings (SSSR count). The third-order valence-electron chi connectivity index (χ3n) is 4.91. The van der Waals surface area contributed by atoms with E-state index in [2.05, 4.69) is 42.5 Å². The number of fused-ring (bicyclic) bond motifs is 4. The Bertz CT molecular complexity index is 1110. The Morgan fingerprint density at radius 1 is 0.680 bits per heavy atom. The molecule has 0 radical (unpaired) electrons. The highest BCUT2D eigenvalue weighted by atomic mass is 16.5. The number of nitrogen functional groups attached to an aromatic ring is 1. The van der Waals surface area contributed by atoms with Gasteiger partial charge in [-0.1, -0.05) is 60.7 Å². The highest BCUT2D eigenvalue weighted by Gasteiger charge is 2.21. The van der Waals surface area contributed by atoms with Crippen molar-refractivity contribution in [1.29, 1.82) is 0 Å². The molecule has 0 saturated heterocycles. The number of rotatable bonds is 2. The summed E-state index contributed by atoms with van der Waals surface area (Å²) < 4.78 is 6.27. The van der Waals surface area contributed by atoms with Crippen molar-refractivity contribution < 1.29 is 4.74 Å². The molecule has 1 aliphatic rings. The normalized spacial score (nSPS) is 12.0. The fourth-order valence-electron chi connectivity index (χ4n) is 3.67. The summed E-state index contributed by atoms with van der Waals surface area (Å²) >= 11 is 0. The van der Waals surface area contributed by atoms with Crippen LogP contribution in [0.1, 0.15) is 11.1 Å². The number of ether oxygens (including phenoxy) is 1. The molecule has 4 aromatic carbocycles. The fourth-order valence-corrected chi connectivity index (χ4v) is 3.67. The molecule has 0 fully saturated rings. The standard InChI is InChI=1S/C23H17NO/c24-21-13-15-6-1-2-7-16(15)14-23(21)25-22-11-5-10-19-18-9-4-3-8-17(18)12-20(19)22/h1-11,13-14H,12,24H2. The maximum Gasteiger partial charge on any atom is 0.150 e. The SMILES string of the molecule is Nc1cc2ccccc2cc1Oc1cccc2c1Cc1ccccc1-2. The molecule has 4 aromatic rings. The van der Waals surface area contributed by atoms with Crippen LogP contribution < -0.4 is 10.5 Å². The molecule has 120 valence electrons. The third-order valence-corrected chi connectivity index (χ3v) is 4.91. The summed E-state index contributed by atoms with van der Waals surface area (Å²) in [6.45, 7) is 0. The van der Waals surface area contributed by atoms with Crippen molar-refractivity contribution in [1.82, 2.24) is 0 Å². The molecule has 0 spiro atoms. The highest BCUT2D eigenvalue weighted by Crippen LogP contribution is 2.43. The van der Waals surface area contributed by atoms with E-state index in [9.17, 15) is 0 Å². The van der Waals surface area contributed by atoms with E-state index in [4.69, 9.17) is 10.5 Å². The van der Waals surface area contributed by atoms with Gasteiger partial charge < -0.3 is 10.5 Å². The predicted molar refractivity (Wildman–Crippen MR) is 103 cm³/mol. The van der Waals surface area contributed by atoms with Crippen molar-refractivity contribution >= 4 is 16.5 Å². The van der Waals surface area contributed by atoms with Crippen molar-refractivity contribution in [2.45, 2.75) is 6.42 Å². The van der Waals surface area contributed by atoms with E-state index >= 15 is 0 Å². The molecule has 2 N–H and O–H groups in total. The van der Waals surface area contributed by atoms with Crippen LogP contribution in [0.5, 0.6) is 11.5 Å². The molecule has 0 saturated carbocycles. The molecule has 1 aliphatic carbocycles. The lowest BCUT2D eigenvalue weighted by Crippen LogP contribution is -1.95. The first-order valence-electron chi connectivity index (χ1n) is 8.46. The summed E-state index contributed by atoms with van der Waals surface area (Å²) in [6.07, 6.45) is 0.898. The van der Waals surface area contributed by atoms with Gasteiger partial charge in [0.1, 0.15) is 5.75 Å². The first-order valence-corrected chi connectivity index (χ1v) is 8.46. The maximum atomic E-state index is 6.27. The number of hydrogen-bond donors (Lipinski definition) is 1. The Kier molecular flexibility index (Phi) is 3.04. The average molecular weight is 323 g/mol. The monoisotopic (exact) mass is 323 g/mol. The van der Waals surface area contributed by atoms with Crippen LogP contribution in [0.2, 0.25) is 0 Å². The van der Waals surface area contributed by atoms with Crippen molar-refractivity contribution in [3.05, 3.63) is 90.0 Å². The van der Waals surface area contributed by atoms with Gasteiger partial charge in [-0.15, -0.1) is 0 Å². The van der Waals surface area contributed by atoms with E-state index in [0.717, 1.165) is 22.9 Å². The summed E-state index contributed by atoms with van der Waals surface area (Å²) in [7, 11) is 0. The van der Waals surface area contributed by atoms with E-state index in [1.54, 1.807) is 0 Å². The second-order valence-electron chi connectivity index (χ2n) is 6.46. The summed E-state index contributed by atoms with van der Waals surface area (Å²) in [6, 6.07) is 27.0. The van der Waals surface area contributed by atoms with Gasteiger partial charge in [0.25, 0.3) is 0 Å². The second-order valence-corrected chi connectivity index (χ2v) is 6.46. The lowest BCUT2D eigenvalue weighted by atomic mass is 10.1. The van der Waals surface area contributed by atoms with Crippen LogP contribution in [0.25, 0.3) is 21.9 Å². The van der Waals surface area contributed by atoms with Gasteiger partial charge in [-0.3, -0.25) is 0 Å². The Morgan fingerprint density at radius 3 is 2.28 bits per heavy atom. The lowest BCUT2D eigenvalue weighted by molar-refractivity contribution is 0.481. The van der Waals surface area contributed by atoms with E-state index in [1.807, 2.05) is 36.4 Å². The van der Waals surface area contributed by atoms with Gasteiger partial charge in [0.2, 0.25) is 0 Å². The molecule has 0 bridgehead atoms. The van der Waals surface area contributed by atoms with Crippen molar-refractivity contribution in [3.63, 3.8) is 0 Å². The van der Waals surface area contributed by atoms with Crippen molar-refractivity contribution in [3.8, 4) is 22.6 Å². The van der Waals surface area contributed by atoms with Gasteiger partial charge in [-0.05, 0) is 45.7 Å². The van der Waals surface area contributed by atoms with Crippen LogP contribution in [0, 0.1) is 0 Å². The molecular weight excluding hydrogens is 306 g/mol. The summed E-state index contributed by atoms with van der Waals surface area (Å²) in [4.78, 5) is 0. The number of hydrogen-bond acceptors (Lipinski definition) is 2. The molecule has 0 amide bonds. The molecule has 0 atom stereocenters. The van der Waals surface area contributed by atoms with E-state index < -0.39 is 0 Å². The zero-order chi connectivity index (χ0) is 16.8. The summed E-state index contributed by atoms with van der Waals surface area (Å²) in [5.41, 5.74) is 12.0. The van der Waals surface area contributed by atoms with Gasteiger partial charge in [0, 0.05) is 12.0 Å². The average Bonchev–Trinajstić information content (AvgIpc) is 3.02. The minimum atomic E-state index is 0.659. The van der Waals surface area contributed by atoms with Gasteiger partial charge in [-0.25, -0.2) is 0 Å². The molecular formula is C23H17NO. The second kappa shape index (κ2) is 5.38. The van der Waals surface area contributed by atoms with Crippen molar-refractivity contribution in [2.75, 3.05) is 5.73 Å². The van der Waals surface area contributed by atoms with Crippen LogP contribution in [-0.4, -0.2) is 0 Å². The van der Waals surface area contributed by atoms with E-state index in [0.29, 0.717) is 11.4 Å². The van der Waals surface area contributed by atoms with Crippen molar-refractivity contribution in [2.24, 2.45) is 0 Å². The third kappa shape index (κ3) is 2.26. The van der Waals surface area contributed by atoms with E-state index in [1.165, 1.54) is 22.3 Å². The molecule has 25 heavy (non-hydrogen) atoms. The molecule has 0 heterocycles. The number of nitrogens with two attached hydrogens (primary N) is 1. The summed E-state index contributed by atoms with van der Waals surface area (Å²) in [5.74, 6) is 1.60. The number of benzene rings is 4. The molecule has 2 heteroatoms. The van der Waals surface area contributed by atoms with Crippen LogP contribution in [-0.2, 0) is 6.42 Å². The lowest BCUT2D eigenvalue weighted by Gasteiger charge is -2.13. The van der Waals surface area contributed by atoms with E-state index in [-0.39, 0.29) is 0 Å². The Labute approximate surface area is 146 Å². The highest BCUT2D eigenvalue weighted by molar-refractivity contribution is 5.88. The van der Waals surface area contributed by atoms with Crippen LogP contribution in [0.3, 0.4) is 0 Å². The van der Waals surface area contributed by atoms with Crippen LogP contribution in [0.4, 0.5) is 5.69 Å². The first kappa shape index (κ1) is 14.1. The fraction of sp³-hybridized carbons (Fsp3) is 0.0435. The molecule has 0 unspecified atom stereocenters. The zero-order valence-corrected chi connectivity index (χ0v) is 13.7. The zero-order valence-electron chi connectivity index (χ0n) is 13.7.